The van der Waals surface area contributed by atoms with E-state index in [2.05, 4.69) is 4.90 Å². The molecule has 2 aliphatic carbocycles. The van der Waals surface area contributed by atoms with Crippen molar-refractivity contribution >= 4 is 0 Å². The number of hydrogen-bond donors (Lipinski definition) is 1. The van der Waals surface area contributed by atoms with Gasteiger partial charge in [-0.2, -0.15) is 0 Å². The van der Waals surface area contributed by atoms with Crippen LogP contribution < -0.4 is 5.73 Å². The molecule has 3 fully saturated rings. The first kappa shape index (κ1) is 12.9. The van der Waals surface area contributed by atoms with Crippen LogP contribution in [-0.4, -0.2) is 43.8 Å². The Morgan fingerprint density at radius 3 is 2.17 bits per heavy atom. The zero-order valence-electron chi connectivity index (χ0n) is 11.5. The molecule has 2 N–H and O–H groups in total. The van der Waals surface area contributed by atoms with Gasteiger partial charge in [0.15, 0.2) is 0 Å². The van der Waals surface area contributed by atoms with Gasteiger partial charge in [-0.25, -0.2) is 0 Å². The Hall–Kier alpha value is -0.120. The summed E-state index contributed by atoms with van der Waals surface area (Å²) in [5, 5.41) is 0. The summed E-state index contributed by atoms with van der Waals surface area (Å²) >= 11 is 0. The summed E-state index contributed by atoms with van der Waals surface area (Å²) in [5.41, 5.74) is 6.10. The fraction of sp³-hybridized carbons (Fsp3) is 1.00. The van der Waals surface area contributed by atoms with E-state index < -0.39 is 0 Å². The topological polar surface area (TPSA) is 38.5 Å². The predicted molar refractivity (Wildman–Crippen MR) is 73.4 cm³/mol. The van der Waals surface area contributed by atoms with Crippen LogP contribution in [0.25, 0.3) is 0 Å². The maximum Gasteiger partial charge on any atom is 0.0509 e. The van der Waals surface area contributed by atoms with Gasteiger partial charge in [0.25, 0.3) is 0 Å². The number of nitrogens with two attached hydrogens (primary N) is 1. The summed E-state index contributed by atoms with van der Waals surface area (Å²) in [6.45, 7) is 5.31. The van der Waals surface area contributed by atoms with Crippen LogP contribution in [-0.2, 0) is 4.74 Å². The fourth-order valence-corrected chi connectivity index (χ4v) is 3.32. The zero-order chi connectivity index (χ0) is 12.4. The Balaban J connectivity index is 1.59. The summed E-state index contributed by atoms with van der Waals surface area (Å²) < 4.78 is 5.67. The van der Waals surface area contributed by atoms with Gasteiger partial charge >= 0.3 is 0 Å². The quantitative estimate of drug-likeness (QED) is 0.751. The Morgan fingerprint density at radius 1 is 1.06 bits per heavy atom. The van der Waals surface area contributed by atoms with Gasteiger partial charge in [0.2, 0.25) is 0 Å². The van der Waals surface area contributed by atoms with E-state index >= 15 is 0 Å². The molecule has 3 heteroatoms. The molecule has 0 aromatic carbocycles. The molecule has 0 amide bonds. The summed E-state index contributed by atoms with van der Waals surface area (Å²) in [6, 6.07) is 0.575. The lowest BCUT2D eigenvalue weighted by Crippen LogP contribution is -2.49. The van der Waals surface area contributed by atoms with Gasteiger partial charge < -0.3 is 10.5 Å². The molecule has 0 aromatic heterocycles. The lowest BCUT2D eigenvalue weighted by molar-refractivity contribution is 0.00869. The lowest BCUT2D eigenvalue weighted by Gasteiger charge is -2.38. The molecule has 3 nitrogen and oxygen atoms in total. The average molecular weight is 252 g/mol. The Bertz CT molecular complexity index is 243. The fourth-order valence-electron chi connectivity index (χ4n) is 3.32. The van der Waals surface area contributed by atoms with Crippen LogP contribution in [0.3, 0.4) is 0 Å². The summed E-state index contributed by atoms with van der Waals surface area (Å²) in [4.78, 5) is 2.73. The minimum Gasteiger partial charge on any atom is -0.381 e. The highest BCUT2D eigenvalue weighted by Gasteiger charge is 2.35. The molecule has 18 heavy (non-hydrogen) atoms. The lowest BCUT2D eigenvalue weighted by atomic mass is 9.92. The first-order valence-electron chi connectivity index (χ1n) is 7.88. The normalized spacial score (nSPS) is 30.7. The first-order valence-corrected chi connectivity index (χ1v) is 7.88. The largest absolute Gasteiger partial charge is 0.381 e. The van der Waals surface area contributed by atoms with Gasteiger partial charge in [-0.1, -0.05) is 0 Å². The van der Waals surface area contributed by atoms with E-state index in [-0.39, 0.29) is 0 Å². The highest BCUT2D eigenvalue weighted by Crippen LogP contribution is 2.36. The van der Waals surface area contributed by atoms with Crippen molar-refractivity contribution in [2.45, 2.75) is 44.6 Å². The van der Waals surface area contributed by atoms with Crippen molar-refractivity contribution in [2.24, 2.45) is 23.5 Å². The molecule has 2 unspecified atom stereocenters. The third-order valence-electron chi connectivity index (χ3n) is 4.83. The van der Waals surface area contributed by atoms with Gasteiger partial charge in [0, 0.05) is 32.3 Å². The standard InChI is InChI=1S/C15H28N2O/c16-8-15(14-2-1-7-18-11-14)17(9-12-3-4-12)10-13-5-6-13/h12-15H,1-11,16H2. The van der Waals surface area contributed by atoms with Crippen molar-refractivity contribution in [3.8, 4) is 0 Å². The van der Waals surface area contributed by atoms with Gasteiger partial charge in [-0.15, -0.1) is 0 Å². The molecule has 104 valence electrons. The van der Waals surface area contributed by atoms with Crippen molar-refractivity contribution in [1.82, 2.24) is 4.90 Å². The van der Waals surface area contributed by atoms with Gasteiger partial charge in [0.05, 0.1) is 6.61 Å². The smallest absolute Gasteiger partial charge is 0.0509 e. The van der Waals surface area contributed by atoms with Crippen LogP contribution in [0, 0.1) is 17.8 Å². The molecule has 3 rings (SSSR count). The summed E-state index contributed by atoms with van der Waals surface area (Å²) in [5.74, 6) is 2.63. The molecule has 1 heterocycles. The van der Waals surface area contributed by atoms with Crippen LogP contribution in [0.5, 0.6) is 0 Å². The van der Waals surface area contributed by atoms with E-state index in [9.17, 15) is 0 Å². The molecular weight excluding hydrogens is 224 g/mol. The number of rotatable bonds is 7. The third kappa shape index (κ3) is 3.46. The molecule has 0 spiro atoms. The third-order valence-corrected chi connectivity index (χ3v) is 4.83. The SMILES string of the molecule is NCC(C1CCCOC1)N(CC1CC1)CC1CC1. The molecule has 3 aliphatic rings. The van der Waals surface area contributed by atoms with E-state index in [0.717, 1.165) is 31.6 Å². The minimum atomic E-state index is 0.575. The molecule has 2 saturated carbocycles. The van der Waals surface area contributed by atoms with Crippen LogP contribution in [0.15, 0.2) is 0 Å². The summed E-state index contributed by atoms with van der Waals surface area (Å²) in [6.07, 6.45) is 8.31. The molecule has 0 radical (unpaired) electrons. The second-order valence-electron chi connectivity index (χ2n) is 6.62. The molecule has 1 saturated heterocycles. The number of ether oxygens (including phenoxy) is 1. The van der Waals surface area contributed by atoms with Crippen molar-refractivity contribution in [1.29, 1.82) is 0 Å². The minimum absolute atomic E-state index is 0.575. The second-order valence-corrected chi connectivity index (χ2v) is 6.62. The highest BCUT2D eigenvalue weighted by molar-refractivity contribution is 4.89. The van der Waals surface area contributed by atoms with Crippen molar-refractivity contribution in [3.05, 3.63) is 0 Å². The first-order chi connectivity index (χ1) is 8.86. The molecular formula is C15H28N2O. The Morgan fingerprint density at radius 2 is 1.72 bits per heavy atom. The maximum absolute atomic E-state index is 6.10. The summed E-state index contributed by atoms with van der Waals surface area (Å²) in [7, 11) is 0. The number of nitrogens with zero attached hydrogens (tertiary/aromatic N) is 1. The van der Waals surface area contributed by atoms with Crippen molar-refractivity contribution in [2.75, 3.05) is 32.8 Å². The molecule has 2 atom stereocenters. The van der Waals surface area contributed by atoms with Crippen LogP contribution in [0.1, 0.15) is 38.5 Å². The van der Waals surface area contributed by atoms with Crippen molar-refractivity contribution < 1.29 is 4.74 Å². The van der Waals surface area contributed by atoms with E-state index in [1.807, 2.05) is 0 Å². The highest BCUT2D eigenvalue weighted by atomic mass is 16.5. The Labute approximate surface area is 111 Å². The molecule has 1 aliphatic heterocycles. The van der Waals surface area contributed by atoms with Crippen LogP contribution in [0.2, 0.25) is 0 Å². The van der Waals surface area contributed by atoms with Gasteiger partial charge in [0.1, 0.15) is 0 Å². The number of hydrogen-bond acceptors (Lipinski definition) is 3. The monoisotopic (exact) mass is 252 g/mol. The van der Waals surface area contributed by atoms with Crippen molar-refractivity contribution in [3.63, 3.8) is 0 Å². The second kappa shape index (κ2) is 5.89. The zero-order valence-corrected chi connectivity index (χ0v) is 11.5. The van der Waals surface area contributed by atoms with Crippen LogP contribution in [0.4, 0.5) is 0 Å². The van der Waals surface area contributed by atoms with E-state index in [1.54, 1.807) is 0 Å². The van der Waals surface area contributed by atoms with Crippen LogP contribution >= 0.6 is 0 Å². The maximum atomic E-state index is 6.10. The molecule has 0 bridgehead atoms. The Kier molecular flexibility index (Phi) is 4.22. The van der Waals surface area contributed by atoms with E-state index in [0.29, 0.717) is 12.0 Å². The van der Waals surface area contributed by atoms with E-state index in [1.165, 1.54) is 51.6 Å². The van der Waals surface area contributed by atoms with E-state index in [4.69, 9.17) is 10.5 Å². The predicted octanol–water partition coefficient (Wildman–Crippen LogP) is 1.86. The molecule has 0 aromatic rings. The van der Waals surface area contributed by atoms with Gasteiger partial charge in [-0.3, -0.25) is 4.90 Å². The van der Waals surface area contributed by atoms with Gasteiger partial charge in [-0.05, 0) is 56.3 Å². The average Bonchev–Trinajstić information content (AvgIpc) is 3.27.